The van der Waals surface area contributed by atoms with E-state index in [0.29, 0.717) is 44.1 Å². The lowest BCUT2D eigenvalue weighted by Crippen LogP contribution is -2.37. The molecule has 1 N–H and O–H groups in total. The van der Waals surface area contributed by atoms with E-state index in [4.69, 9.17) is 14.2 Å². The number of halogens is 1. The minimum atomic E-state index is -0.566. The zero-order valence-corrected chi connectivity index (χ0v) is 18.1. The first-order chi connectivity index (χ1) is 15.0. The monoisotopic (exact) mass is 431 g/mol. The normalized spacial score (nSPS) is 28.9. The van der Waals surface area contributed by atoms with Crippen molar-refractivity contribution in [2.45, 2.75) is 57.6 Å². The molecule has 1 aromatic carbocycles. The van der Waals surface area contributed by atoms with E-state index in [9.17, 15) is 14.0 Å². The standard InChI is InChI=1S/C24H30FNO5/c1-3-30-24(28)15-6-8-17(9-7-15)31-22-12-18(21(29-2)13-19(22)25)23(27)26-20-11-14-4-5-16(20)10-14/h4-5,12-17,20H,3,6-11H2,1-2H3,(H,26,27)/t14-,15?,16-,17?,20-/m0/s1. The van der Waals surface area contributed by atoms with E-state index in [1.807, 2.05) is 0 Å². The maximum Gasteiger partial charge on any atom is 0.308 e. The third kappa shape index (κ3) is 4.70. The molecule has 3 aliphatic carbocycles. The Labute approximate surface area is 182 Å². The summed E-state index contributed by atoms with van der Waals surface area (Å²) in [6.45, 7) is 2.16. The minimum Gasteiger partial charge on any atom is -0.496 e. The van der Waals surface area contributed by atoms with Crippen LogP contribution in [0.2, 0.25) is 0 Å². The van der Waals surface area contributed by atoms with Gasteiger partial charge in [0.25, 0.3) is 5.91 Å². The molecule has 0 unspecified atom stereocenters. The van der Waals surface area contributed by atoms with Crippen LogP contribution in [0.15, 0.2) is 24.3 Å². The highest BCUT2D eigenvalue weighted by Gasteiger charge is 2.37. The first-order valence-corrected chi connectivity index (χ1v) is 11.2. The summed E-state index contributed by atoms with van der Waals surface area (Å²) in [5, 5.41) is 3.08. The van der Waals surface area contributed by atoms with Gasteiger partial charge in [0.2, 0.25) is 0 Å². The SMILES string of the molecule is CCOC(=O)C1CCC(Oc2cc(C(=O)N[C@H]3C[C@H]4C=C[C@H]3C4)c(OC)cc2F)CC1. The second-order valence-electron chi connectivity index (χ2n) is 8.69. The van der Waals surface area contributed by atoms with Crippen LogP contribution in [-0.2, 0) is 9.53 Å². The topological polar surface area (TPSA) is 73.9 Å². The number of allylic oxidation sites excluding steroid dienone is 1. The summed E-state index contributed by atoms with van der Waals surface area (Å²) < 4.78 is 30.9. The Bertz CT molecular complexity index is 862. The molecule has 0 heterocycles. The highest BCUT2D eigenvalue weighted by Crippen LogP contribution is 2.39. The molecule has 31 heavy (non-hydrogen) atoms. The molecular weight excluding hydrogens is 401 g/mol. The molecule has 0 spiro atoms. The largest absolute Gasteiger partial charge is 0.496 e. The second kappa shape index (κ2) is 9.28. The molecule has 0 aliphatic heterocycles. The highest BCUT2D eigenvalue weighted by atomic mass is 19.1. The summed E-state index contributed by atoms with van der Waals surface area (Å²) in [5.74, 6) is -0.0173. The van der Waals surface area contributed by atoms with Crippen LogP contribution >= 0.6 is 0 Å². The van der Waals surface area contributed by atoms with Gasteiger partial charge >= 0.3 is 5.97 Å². The smallest absolute Gasteiger partial charge is 0.308 e. The number of benzene rings is 1. The first-order valence-electron chi connectivity index (χ1n) is 11.2. The van der Waals surface area contributed by atoms with Crippen molar-refractivity contribution in [3.05, 3.63) is 35.7 Å². The van der Waals surface area contributed by atoms with E-state index in [0.717, 1.165) is 12.8 Å². The van der Waals surface area contributed by atoms with Crippen LogP contribution in [0.3, 0.4) is 0 Å². The zero-order chi connectivity index (χ0) is 22.0. The van der Waals surface area contributed by atoms with E-state index >= 15 is 0 Å². The predicted molar refractivity (Wildman–Crippen MR) is 113 cm³/mol. The molecule has 1 aromatic rings. The van der Waals surface area contributed by atoms with Crippen LogP contribution in [0.4, 0.5) is 4.39 Å². The molecule has 0 saturated heterocycles. The van der Waals surface area contributed by atoms with Gasteiger partial charge in [-0.15, -0.1) is 0 Å². The lowest BCUT2D eigenvalue weighted by molar-refractivity contribution is -0.149. The third-order valence-electron chi connectivity index (χ3n) is 6.68. The number of carbonyl (C=O) groups excluding carboxylic acids is 2. The Morgan fingerprint density at radius 2 is 1.87 bits per heavy atom. The average molecular weight is 432 g/mol. The Hall–Kier alpha value is -2.57. The molecule has 3 aliphatic rings. The van der Waals surface area contributed by atoms with Crippen LogP contribution in [-0.4, -0.2) is 37.7 Å². The molecule has 2 saturated carbocycles. The van der Waals surface area contributed by atoms with Crippen LogP contribution in [0, 0.1) is 23.6 Å². The number of esters is 1. The fraction of sp³-hybridized carbons (Fsp3) is 0.583. The average Bonchev–Trinajstić information content (AvgIpc) is 3.38. The fourth-order valence-electron chi connectivity index (χ4n) is 5.02. The Kier molecular flexibility index (Phi) is 6.49. The Balaban J connectivity index is 1.42. The van der Waals surface area contributed by atoms with Crippen molar-refractivity contribution in [2.75, 3.05) is 13.7 Å². The summed E-state index contributed by atoms with van der Waals surface area (Å²) in [7, 11) is 1.42. The zero-order valence-electron chi connectivity index (χ0n) is 18.1. The van der Waals surface area contributed by atoms with Crippen molar-refractivity contribution in [1.29, 1.82) is 0 Å². The van der Waals surface area contributed by atoms with Crippen molar-refractivity contribution in [2.24, 2.45) is 17.8 Å². The number of amides is 1. The molecule has 3 atom stereocenters. The van der Waals surface area contributed by atoms with E-state index in [1.54, 1.807) is 6.92 Å². The summed E-state index contributed by atoms with van der Waals surface area (Å²) >= 11 is 0. The van der Waals surface area contributed by atoms with E-state index in [1.165, 1.54) is 19.2 Å². The van der Waals surface area contributed by atoms with Crippen LogP contribution < -0.4 is 14.8 Å². The maximum atomic E-state index is 14.6. The lowest BCUT2D eigenvalue weighted by atomic mass is 9.87. The van der Waals surface area contributed by atoms with E-state index < -0.39 is 5.82 Å². The number of ether oxygens (including phenoxy) is 3. The number of rotatable bonds is 7. The minimum absolute atomic E-state index is 0.0402. The Morgan fingerprint density at radius 3 is 2.48 bits per heavy atom. The summed E-state index contributed by atoms with van der Waals surface area (Å²) in [6, 6.07) is 2.74. The predicted octanol–water partition coefficient (Wildman–Crippen LogP) is 4.03. The number of methoxy groups -OCH3 is 1. The van der Waals surface area contributed by atoms with Gasteiger partial charge < -0.3 is 19.5 Å². The van der Waals surface area contributed by atoms with Crippen LogP contribution in [0.25, 0.3) is 0 Å². The number of hydrogen-bond donors (Lipinski definition) is 1. The van der Waals surface area contributed by atoms with Gasteiger partial charge in [0, 0.05) is 12.1 Å². The first kappa shape index (κ1) is 21.7. The van der Waals surface area contributed by atoms with Gasteiger partial charge in [0.1, 0.15) is 5.75 Å². The summed E-state index contributed by atoms with van der Waals surface area (Å²) in [4.78, 5) is 24.9. The molecule has 4 rings (SSSR count). The van der Waals surface area contributed by atoms with Crippen molar-refractivity contribution >= 4 is 11.9 Å². The van der Waals surface area contributed by atoms with Gasteiger partial charge in [-0.25, -0.2) is 4.39 Å². The van der Waals surface area contributed by atoms with Crippen LogP contribution in [0.5, 0.6) is 11.5 Å². The molecule has 0 radical (unpaired) electrons. The molecule has 0 aromatic heterocycles. The van der Waals surface area contributed by atoms with Gasteiger partial charge in [0.05, 0.1) is 31.3 Å². The van der Waals surface area contributed by atoms with E-state index in [2.05, 4.69) is 17.5 Å². The van der Waals surface area contributed by atoms with Gasteiger partial charge in [0.15, 0.2) is 11.6 Å². The second-order valence-corrected chi connectivity index (χ2v) is 8.69. The quantitative estimate of drug-likeness (QED) is 0.521. The summed E-state index contributed by atoms with van der Waals surface area (Å²) in [6.07, 6.45) is 8.75. The van der Waals surface area contributed by atoms with Gasteiger partial charge in [-0.2, -0.15) is 0 Å². The lowest BCUT2D eigenvalue weighted by Gasteiger charge is -2.28. The molecule has 2 fully saturated rings. The van der Waals surface area contributed by atoms with Crippen molar-refractivity contribution in [1.82, 2.24) is 5.32 Å². The molecule has 168 valence electrons. The molecule has 7 heteroatoms. The summed E-state index contributed by atoms with van der Waals surface area (Å²) in [5.41, 5.74) is 0.269. The van der Waals surface area contributed by atoms with Crippen molar-refractivity contribution < 1.29 is 28.2 Å². The fourth-order valence-corrected chi connectivity index (χ4v) is 5.02. The highest BCUT2D eigenvalue weighted by molar-refractivity contribution is 5.97. The number of nitrogens with one attached hydrogen (secondary N) is 1. The van der Waals surface area contributed by atoms with Crippen molar-refractivity contribution in [3.8, 4) is 11.5 Å². The number of hydrogen-bond acceptors (Lipinski definition) is 5. The maximum absolute atomic E-state index is 14.6. The van der Waals surface area contributed by atoms with Gasteiger partial charge in [-0.1, -0.05) is 12.2 Å². The third-order valence-corrected chi connectivity index (χ3v) is 6.68. The molecule has 1 amide bonds. The molecular formula is C24H30FNO5. The number of fused-ring (bicyclic) bond motifs is 2. The number of carbonyl (C=O) groups is 2. The van der Waals surface area contributed by atoms with Crippen LogP contribution in [0.1, 0.15) is 55.8 Å². The van der Waals surface area contributed by atoms with E-state index in [-0.39, 0.29) is 47.0 Å². The van der Waals surface area contributed by atoms with Crippen molar-refractivity contribution in [3.63, 3.8) is 0 Å². The van der Waals surface area contributed by atoms with Gasteiger partial charge in [-0.05, 0) is 63.4 Å². The Morgan fingerprint density at radius 1 is 1.10 bits per heavy atom. The van der Waals surface area contributed by atoms with Gasteiger partial charge in [-0.3, -0.25) is 9.59 Å². The molecule has 6 nitrogen and oxygen atoms in total. The molecule has 2 bridgehead atoms.